The number of carbonyl (C=O) groups excluding carboxylic acids is 2. The summed E-state index contributed by atoms with van der Waals surface area (Å²) < 4.78 is 12.8. The molecule has 5 unspecified atom stereocenters. The van der Waals surface area contributed by atoms with E-state index in [0.29, 0.717) is 12.5 Å². The first kappa shape index (κ1) is 31.1. The number of ketones is 1. The Balaban J connectivity index is 1.32. The SMILES string of the molecule is CC(=O)C1OC(O[C@@H]2CCN(C[C@H](c3ccccc3)N(C)C(=O)C(c3ccccc3)c3ccccc3)C2)C(C)C(C)C1C. The van der Waals surface area contributed by atoms with Crippen LogP contribution in [0.4, 0.5) is 0 Å². The molecule has 2 aliphatic rings. The number of nitrogens with zero attached hydrogens (tertiary/aromatic N) is 2. The fourth-order valence-corrected chi connectivity index (χ4v) is 6.78. The zero-order valence-electron chi connectivity index (χ0n) is 26.1. The van der Waals surface area contributed by atoms with Gasteiger partial charge in [-0.25, -0.2) is 0 Å². The molecule has 6 heteroatoms. The number of rotatable bonds is 10. The van der Waals surface area contributed by atoms with Crippen molar-refractivity contribution in [1.82, 2.24) is 9.80 Å². The van der Waals surface area contributed by atoms with Gasteiger partial charge in [0.05, 0.1) is 18.1 Å². The van der Waals surface area contributed by atoms with Crippen LogP contribution in [0.25, 0.3) is 0 Å². The molecular weight excluding hydrogens is 536 g/mol. The molecule has 0 N–H and O–H groups in total. The van der Waals surface area contributed by atoms with Crippen LogP contribution < -0.4 is 0 Å². The van der Waals surface area contributed by atoms with Crippen molar-refractivity contribution in [3.8, 4) is 0 Å². The third kappa shape index (κ3) is 7.09. The smallest absolute Gasteiger partial charge is 0.234 e. The van der Waals surface area contributed by atoms with Crippen molar-refractivity contribution in [2.75, 3.05) is 26.7 Å². The number of ether oxygens (including phenoxy) is 2. The zero-order valence-corrected chi connectivity index (χ0v) is 26.1. The predicted molar refractivity (Wildman–Crippen MR) is 169 cm³/mol. The Hall–Kier alpha value is -3.32. The van der Waals surface area contributed by atoms with Gasteiger partial charge in [-0.2, -0.15) is 0 Å². The minimum atomic E-state index is -0.419. The molecule has 43 heavy (non-hydrogen) atoms. The first-order valence-electron chi connectivity index (χ1n) is 15.7. The maximum atomic E-state index is 14.4. The molecule has 2 aliphatic heterocycles. The number of hydrogen-bond donors (Lipinski definition) is 0. The van der Waals surface area contributed by atoms with Gasteiger partial charge in [-0.05, 0) is 41.9 Å². The Kier molecular flexibility index (Phi) is 10.1. The molecule has 228 valence electrons. The second kappa shape index (κ2) is 14.0. The fraction of sp³-hybridized carbons (Fsp3) is 0.459. The van der Waals surface area contributed by atoms with Crippen LogP contribution in [0.5, 0.6) is 0 Å². The van der Waals surface area contributed by atoms with Gasteiger partial charge in [0.25, 0.3) is 0 Å². The molecule has 7 atom stereocenters. The maximum Gasteiger partial charge on any atom is 0.234 e. The van der Waals surface area contributed by atoms with Crippen LogP contribution >= 0.6 is 0 Å². The normalized spacial score (nSPS) is 26.7. The molecule has 5 rings (SSSR count). The summed E-state index contributed by atoms with van der Waals surface area (Å²) in [5.41, 5.74) is 3.08. The van der Waals surface area contributed by atoms with Gasteiger partial charge in [-0.15, -0.1) is 0 Å². The van der Waals surface area contributed by atoms with Crippen molar-refractivity contribution in [3.05, 3.63) is 108 Å². The molecule has 0 aromatic heterocycles. The van der Waals surface area contributed by atoms with E-state index in [1.807, 2.05) is 90.8 Å². The van der Waals surface area contributed by atoms with Crippen molar-refractivity contribution in [1.29, 1.82) is 0 Å². The lowest BCUT2D eigenvalue weighted by molar-refractivity contribution is -0.256. The molecule has 6 nitrogen and oxygen atoms in total. The maximum absolute atomic E-state index is 14.4. The van der Waals surface area contributed by atoms with E-state index < -0.39 is 18.3 Å². The third-order valence-corrected chi connectivity index (χ3v) is 9.75. The number of likely N-dealkylation sites (N-methyl/N-ethyl adjacent to an activating group) is 1. The molecule has 2 fully saturated rings. The topological polar surface area (TPSA) is 59.1 Å². The molecule has 2 heterocycles. The lowest BCUT2D eigenvalue weighted by Crippen LogP contribution is -2.49. The average Bonchev–Trinajstić information content (AvgIpc) is 3.48. The molecule has 0 spiro atoms. The van der Waals surface area contributed by atoms with Crippen molar-refractivity contribution < 1.29 is 19.1 Å². The largest absolute Gasteiger partial charge is 0.348 e. The lowest BCUT2D eigenvalue weighted by atomic mass is 9.78. The number of likely N-dealkylation sites (tertiary alicyclic amines) is 1. The summed E-state index contributed by atoms with van der Waals surface area (Å²) in [5, 5.41) is 0. The summed E-state index contributed by atoms with van der Waals surface area (Å²) in [7, 11) is 1.94. The van der Waals surface area contributed by atoms with Crippen LogP contribution in [-0.2, 0) is 19.1 Å². The third-order valence-electron chi connectivity index (χ3n) is 9.75. The standard InChI is InChI=1S/C37H46N2O4/c1-25-26(2)35(28(4)40)43-37(27(25)3)42-32-21-22-39(23-32)24-33(29-15-9-6-10-16-29)38(5)36(41)34(30-17-11-7-12-18-30)31-19-13-8-14-20-31/h6-20,25-27,32-35,37H,21-24H2,1-5H3/t25?,26?,27?,32-,33-,35?,37?/m1/s1. The molecule has 1 amide bonds. The van der Waals surface area contributed by atoms with Crippen LogP contribution in [0.15, 0.2) is 91.0 Å². The highest BCUT2D eigenvalue weighted by atomic mass is 16.7. The summed E-state index contributed by atoms with van der Waals surface area (Å²) in [5.74, 6) is 0.444. The first-order chi connectivity index (χ1) is 20.7. The Morgan fingerprint density at radius 1 is 0.837 bits per heavy atom. The summed E-state index contributed by atoms with van der Waals surface area (Å²) in [4.78, 5) is 31.0. The van der Waals surface area contributed by atoms with E-state index in [1.54, 1.807) is 6.92 Å². The van der Waals surface area contributed by atoms with Gasteiger partial charge < -0.3 is 14.4 Å². The van der Waals surface area contributed by atoms with Gasteiger partial charge >= 0.3 is 0 Å². The second-order valence-electron chi connectivity index (χ2n) is 12.5. The van der Waals surface area contributed by atoms with Gasteiger partial charge in [0.1, 0.15) is 6.10 Å². The highest BCUT2D eigenvalue weighted by molar-refractivity contribution is 5.87. The Bertz CT molecular complexity index is 1290. The summed E-state index contributed by atoms with van der Waals surface area (Å²) in [6, 6.07) is 30.3. The van der Waals surface area contributed by atoms with E-state index in [4.69, 9.17) is 9.47 Å². The number of carbonyl (C=O) groups is 2. The zero-order chi connectivity index (χ0) is 30.5. The summed E-state index contributed by atoms with van der Waals surface area (Å²) in [6.45, 7) is 10.4. The molecule has 3 aromatic carbocycles. The van der Waals surface area contributed by atoms with Crippen LogP contribution in [0.1, 0.15) is 62.8 Å². The van der Waals surface area contributed by atoms with Crippen molar-refractivity contribution in [2.24, 2.45) is 17.8 Å². The second-order valence-corrected chi connectivity index (χ2v) is 12.5. The van der Waals surface area contributed by atoms with E-state index in [1.165, 1.54) is 0 Å². The Morgan fingerprint density at radius 2 is 1.37 bits per heavy atom. The van der Waals surface area contributed by atoms with Crippen LogP contribution in [-0.4, -0.2) is 66.7 Å². The van der Waals surface area contributed by atoms with Crippen LogP contribution in [0.3, 0.4) is 0 Å². The number of hydrogen-bond acceptors (Lipinski definition) is 5. The number of amides is 1. The molecule has 3 aromatic rings. The number of Topliss-reactive ketones (excluding diaryl/α,β-unsaturated/α-hetero) is 1. The highest BCUT2D eigenvalue weighted by Crippen LogP contribution is 2.37. The average molecular weight is 583 g/mol. The van der Waals surface area contributed by atoms with Crippen LogP contribution in [0.2, 0.25) is 0 Å². The van der Waals surface area contributed by atoms with E-state index in [0.717, 1.165) is 36.2 Å². The predicted octanol–water partition coefficient (Wildman–Crippen LogP) is 6.33. The summed E-state index contributed by atoms with van der Waals surface area (Å²) >= 11 is 0. The van der Waals surface area contributed by atoms with Crippen molar-refractivity contribution in [3.63, 3.8) is 0 Å². The van der Waals surface area contributed by atoms with E-state index in [9.17, 15) is 9.59 Å². The molecule has 2 saturated heterocycles. The fourth-order valence-electron chi connectivity index (χ4n) is 6.78. The van der Waals surface area contributed by atoms with Gasteiger partial charge in [-0.3, -0.25) is 14.5 Å². The lowest BCUT2D eigenvalue weighted by Gasteiger charge is -2.43. The quantitative estimate of drug-likeness (QED) is 0.280. The van der Waals surface area contributed by atoms with Crippen molar-refractivity contribution >= 4 is 11.7 Å². The van der Waals surface area contributed by atoms with E-state index in [-0.39, 0.29) is 35.7 Å². The van der Waals surface area contributed by atoms with Gasteiger partial charge in [-0.1, -0.05) is 112 Å². The van der Waals surface area contributed by atoms with Crippen LogP contribution in [0, 0.1) is 17.8 Å². The summed E-state index contributed by atoms with van der Waals surface area (Å²) in [6.07, 6.45) is 0.0890. The Labute approximate surface area is 257 Å². The minimum Gasteiger partial charge on any atom is -0.348 e. The molecule has 0 aliphatic carbocycles. The molecule has 0 bridgehead atoms. The first-order valence-corrected chi connectivity index (χ1v) is 15.7. The highest BCUT2D eigenvalue weighted by Gasteiger charge is 2.43. The van der Waals surface area contributed by atoms with Gasteiger partial charge in [0.2, 0.25) is 5.91 Å². The molecule has 0 saturated carbocycles. The van der Waals surface area contributed by atoms with Crippen molar-refractivity contribution in [2.45, 2.75) is 64.6 Å². The Morgan fingerprint density at radius 3 is 1.91 bits per heavy atom. The molecular formula is C37H46N2O4. The van der Waals surface area contributed by atoms with Gasteiger partial charge in [0, 0.05) is 32.6 Å². The molecule has 0 radical (unpaired) electrons. The van der Waals surface area contributed by atoms with Gasteiger partial charge in [0.15, 0.2) is 12.1 Å². The monoisotopic (exact) mass is 582 g/mol. The minimum absolute atomic E-state index is 0.0134. The van der Waals surface area contributed by atoms with E-state index in [2.05, 4.69) is 37.8 Å². The number of benzene rings is 3. The van der Waals surface area contributed by atoms with E-state index >= 15 is 0 Å².